The van der Waals surface area contributed by atoms with Crippen molar-refractivity contribution in [1.29, 1.82) is 0 Å². The van der Waals surface area contributed by atoms with Crippen molar-refractivity contribution in [2.75, 3.05) is 10.6 Å². The lowest BCUT2D eigenvalue weighted by molar-refractivity contribution is -0.150. The Kier molecular flexibility index (Phi) is 5.58. The first-order valence-corrected chi connectivity index (χ1v) is 11.4. The molecule has 0 bridgehead atoms. The maximum Gasteiger partial charge on any atom is 0.418 e. The minimum Gasteiger partial charge on any atom is -0.382 e. The van der Waals surface area contributed by atoms with Crippen LogP contribution in [0.15, 0.2) is 36.7 Å². The van der Waals surface area contributed by atoms with Crippen LogP contribution in [-0.4, -0.2) is 78.9 Å². The zero-order chi connectivity index (χ0) is 27.0. The first kappa shape index (κ1) is 25.7. The van der Waals surface area contributed by atoms with Crippen molar-refractivity contribution >= 4 is 60.2 Å². The number of hydrogen-bond acceptors (Lipinski definition) is 5. The average molecular weight is 494 g/mol. The number of halogens is 3. The van der Waals surface area contributed by atoms with Crippen LogP contribution in [0.3, 0.4) is 0 Å². The molecule has 2 aromatic heterocycles. The van der Waals surface area contributed by atoms with Gasteiger partial charge in [0.05, 0.1) is 11.3 Å². The van der Waals surface area contributed by atoms with Gasteiger partial charge in [0.1, 0.15) is 48.8 Å². The smallest absolute Gasteiger partial charge is 0.382 e. The molecule has 1 aliphatic rings. The Bertz CT molecular complexity index is 1410. The number of nitrogen functional groups attached to an aromatic ring is 1. The molecule has 2 N–H and O–H groups in total. The van der Waals surface area contributed by atoms with E-state index < -0.39 is 28.0 Å². The number of piperazine rings is 1. The van der Waals surface area contributed by atoms with E-state index in [0.717, 1.165) is 16.9 Å². The number of rotatable bonds is 2. The summed E-state index contributed by atoms with van der Waals surface area (Å²) in [5.41, 5.74) is 4.39. The van der Waals surface area contributed by atoms with Gasteiger partial charge in [-0.25, -0.2) is 9.50 Å². The molecule has 2 amide bonds. The van der Waals surface area contributed by atoms with Gasteiger partial charge < -0.3 is 15.5 Å². The predicted octanol–water partition coefficient (Wildman–Crippen LogP) is -1.19. The van der Waals surface area contributed by atoms with Crippen LogP contribution in [0.2, 0.25) is 0 Å². The lowest BCUT2D eigenvalue weighted by Crippen LogP contribution is -2.85. The van der Waals surface area contributed by atoms with Crippen molar-refractivity contribution in [3.05, 3.63) is 42.2 Å². The molecule has 1 fully saturated rings. The maximum absolute atomic E-state index is 13.8. The number of nitrogens with zero attached hydrogens (tertiary/aromatic N) is 5. The van der Waals surface area contributed by atoms with E-state index in [0.29, 0.717) is 11.3 Å². The van der Waals surface area contributed by atoms with Crippen LogP contribution in [0, 0.1) is 0 Å². The van der Waals surface area contributed by atoms with Crippen molar-refractivity contribution in [3.8, 4) is 11.3 Å². The Morgan fingerprint density at radius 2 is 1.72 bits per heavy atom. The molecule has 3 heterocycles. The Hall–Kier alpha value is -3.37. The Labute approximate surface area is 210 Å². The predicted molar refractivity (Wildman–Crippen MR) is 142 cm³/mol. The molecule has 0 unspecified atom stereocenters. The molecule has 1 aromatic carbocycles. The molecule has 0 atom stereocenters. The lowest BCUT2D eigenvalue weighted by Gasteiger charge is -2.64. The van der Waals surface area contributed by atoms with Gasteiger partial charge in [0.25, 0.3) is 5.91 Å². The third kappa shape index (κ3) is 3.50. The second-order valence-corrected chi connectivity index (χ2v) is 10.6. The van der Waals surface area contributed by atoms with Crippen molar-refractivity contribution in [2.24, 2.45) is 0 Å². The molecule has 0 spiro atoms. The van der Waals surface area contributed by atoms with Gasteiger partial charge in [-0.05, 0) is 42.7 Å². The molecule has 0 saturated carbocycles. The highest BCUT2D eigenvalue weighted by Crippen LogP contribution is 2.43. The van der Waals surface area contributed by atoms with Crippen LogP contribution in [0.1, 0.15) is 26.3 Å². The molecule has 0 radical (unpaired) electrons. The first-order valence-electron chi connectivity index (χ1n) is 11.4. The van der Waals surface area contributed by atoms with E-state index in [-0.39, 0.29) is 28.8 Å². The Morgan fingerprint density at radius 1 is 1.08 bits per heavy atom. The molecule has 36 heavy (non-hydrogen) atoms. The standard InChI is InChI=1S/C21H25B4F3N6O2/c1-10(35)34-18(2,3)17(36)32(20(22,23)21(34,24)25)12-6-4-5-11(7-12)14-8-13(19(26,27)28)15-16(29)30-9-31-33(14)15/h4-9H,22-25H2,1-3H3,(H2,29,30,31). The van der Waals surface area contributed by atoms with E-state index >= 15 is 0 Å². The first-order chi connectivity index (χ1) is 16.4. The number of alkyl halides is 3. The monoisotopic (exact) mass is 494 g/mol. The van der Waals surface area contributed by atoms with Crippen LogP contribution in [0.25, 0.3) is 16.8 Å². The molecule has 15 heteroatoms. The summed E-state index contributed by atoms with van der Waals surface area (Å²) in [5.74, 6) is -0.821. The number of benzene rings is 1. The highest BCUT2D eigenvalue weighted by Gasteiger charge is 2.60. The maximum atomic E-state index is 13.8. The average Bonchev–Trinajstić information content (AvgIpc) is 3.14. The van der Waals surface area contributed by atoms with E-state index in [4.69, 9.17) is 5.73 Å². The number of nitrogens with two attached hydrogens (primary N) is 1. The van der Waals surface area contributed by atoms with Crippen LogP contribution in [-0.2, 0) is 15.8 Å². The van der Waals surface area contributed by atoms with E-state index in [1.807, 2.05) is 31.4 Å². The van der Waals surface area contributed by atoms with Crippen LogP contribution in [0.4, 0.5) is 24.7 Å². The van der Waals surface area contributed by atoms with Crippen LogP contribution >= 0.6 is 0 Å². The Morgan fingerprint density at radius 3 is 2.31 bits per heavy atom. The van der Waals surface area contributed by atoms with Gasteiger partial charge >= 0.3 is 6.18 Å². The van der Waals surface area contributed by atoms with E-state index in [1.165, 1.54) is 6.92 Å². The fourth-order valence-corrected chi connectivity index (χ4v) is 5.39. The van der Waals surface area contributed by atoms with Crippen molar-refractivity contribution in [1.82, 2.24) is 19.5 Å². The van der Waals surface area contributed by atoms with Gasteiger partial charge in [0.2, 0.25) is 5.91 Å². The second-order valence-electron chi connectivity index (χ2n) is 10.6. The summed E-state index contributed by atoms with van der Waals surface area (Å²) in [6.45, 7) is 4.83. The zero-order valence-electron chi connectivity index (χ0n) is 21.2. The highest BCUT2D eigenvalue weighted by atomic mass is 19.4. The molecular weight excluding hydrogens is 469 g/mol. The number of amides is 2. The summed E-state index contributed by atoms with van der Waals surface area (Å²) in [4.78, 5) is 33.4. The van der Waals surface area contributed by atoms with Crippen LogP contribution < -0.4 is 10.6 Å². The molecule has 184 valence electrons. The normalized spacial score (nSPS) is 19.0. The van der Waals surface area contributed by atoms with E-state index in [9.17, 15) is 22.8 Å². The fraction of sp³-hybridized carbons (Fsp3) is 0.333. The summed E-state index contributed by atoms with van der Waals surface area (Å²) in [5, 5.41) is 2.37. The number of carbonyl (C=O) groups is 2. The molecule has 3 aromatic rings. The van der Waals surface area contributed by atoms with Crippen LogP contribution in [0.5, 0.6) is 0 Å². The van der Waals surface area contributed by atoms with Crippen molar-refractivity contribution in [2.45, 2.75) is 43.2 Å². The number of anilines is 2. The summed E-state index contributed by atoms with van der Waals surface area (Å²) < 4.78 is 42.5. The topological polar surface area (TPSA) is 96.8 Å². The van der Waals surface area contributed by atoms with Gasteiger partial charge in [0.15, 0.2) is 5.82 Å². The lowest BCUT2D eigenvalue weighted by atomic mass is 9.35. The van der Waals surface area contributed by atoms with Crippen molar-refractivity contribution < 1.29 is 22.8 Å². The molecule has 1 aliphatic heterocycles. The summed E-state index contributed by atoms with van der Waals surface area (Å²) in [7, 11) is 7.53. The SMILES string of the molecule is BC1(B)N(c2cccc(-c3cc(C(F)(F)F)c4c(N)ncnn34)c2)C(=O)C(C)(C)N(C(C)=O)C1(B)B. The molecule has 0 aliphatic carbocycles. The molecule has 4 rings (SSSR count). The van der Waals surface area contributed by atoms with E-state index in [2.05, 4.69) is 10.1 Å². The number of hydrogen-bond donors (Lipinski definition) is 1. The van der Waals surface area contributed by atoms with Gasteiger partial charge in [0, 0.05) is 18.2 Å². The quantitative estimate of drug-likeness (QED) is 0.453. The third-order valence-electron chi connectivity index (χ3n) is 7.50. The number of fused-ring (bicyclic) bond motifs is 1. The van der Waals surface area contributed by atoms with Gasteiger partial charge in [-0.2, -0.15) is 18.3 Å². The van der Waals surface area contributed by atoms with Gasteiger partial charge in [-0.3, -0.25) is 9.59 Å². The van der Waals surface area contributed by atoms with E-state index in [1.54, 1.807) is 47.9 Å². The Balaban J connectivity index is 1.93. The minimum absolute atomic E-state index is 0.152. The van der Waals surface area contributed by atoms with Gasteiger partial charge in [-0.15, -0.1) is 0 Å². The summed E-state index contributed by atoms with van der Waals surface area (Å²) in [6, 6.07) is 7.66. The molecule has 8 nitrogen and oxygen atoms in total. The third-order valence-corrected chi connectivity index (χ3v) is 7.50. The summed E-state index contributed by atoms with van der Waals surface area (Å²) >= 11 is 0. The zero-order valence-corrected chi connectivity index (χ0v) is 21.2. The van der Waals surface area contributed by atoms with Crippen molar-refractivity contribution in [3.63, 3.8) is 0 Å². The molecule has 1 saturated heterocycles. The molecular formula is C21H25B4F3N6O2. The minimum atomic E-state index is -4.67. The number of carbonyl (C=O) groups excluding carboxylic acids is 2. The highest BCUT2D eigenvalue weighted by molar-refractivity contribution is 6.58. The largest absolute Gasteiger partial charge is 0.418 e. The second kappa shape index (κ2) is 7.81. The number of aromatic nitrogens is 3. The van der Waals surface area contributed by atoms with Gasteiger partial charge in [-0.1, -0.05) is 12.1 Å². The fourth-order valence-electron chi connectivity index (χ4n) is 5.39. The summed E-state index contributed by atoms with van der Waals surface area (Å²) in [6.07, 6.45) is -3.58.